The van der Waals surface area contributed by atoms with Crippen molar-refractivity contribution in [3.63, 3.8) is 0 Å². The maximum absolute atomic E-state index is 14.7. The zero-order valence-electron chi connectivity index (χ0n) is 14.8. The molecule has 1 amide bonds. The summed E-state index contributed by atoms with van der Waals surface area (Å²) in [7, 11) is 0. The van der Waals surface area contributed by atoms with Gasteiger partial charge in [0.2, 0.25) is 5.22 Å². The molecule has 0 saturated heterocycles. The first-order valence-electron chi connectivity index (χ1n) is 8.47. The molecule has 2 heterocycles. The number of nitrogens with zero attached hydrogens (tertiary/aromatic N) is 2. The van der Waals surface area contributed by atoms with Crippen LogP contribution in [0.2, 0.25) is 5.22 Å². The van der Waals surface area contributed by atoms with Gasteiger partial charge in [0, 0.05) is 22.2 Å². The van der Waals surface area contributed by atoms with Crippen LogP contribution in [0.1, 0.15) is 41.4 Å². The van der Waals surface area contributed by atoms with E-state index in [1.165, 1.54) is 12.1 Å². The number of halogens is 2. The predicted molar refractivity (Wildman–Crippen MR) is 97.2 cm³/mol. The number of anilines is 1. The first-order chi connectivity index (χ1) is 12.8. The lowest BCUT2D eigenvalue weighted by Gasteiger charge is -2.38. The van der Waals surface area contributed by atoms with Gasteiger partial charge in [-0.15, -0.1) is 0 Å². The summed E-state index contributed by atoms with van der Waals surface area (Å²) in [5.41, 5.74) is 5.89. The fraction of sp³-hybridized carbons (Fsp3) is 0.389. The minimum absolute atomic E-state index is 0.0386. The molecule has 1 atom stereocenters. The van der Waals surface area contributed by atoms with Crippen LogP contribution < -0.4 is 11.1 Å². The molecule has 1 aliphatic carbocycles. The van der Waals surface area contributed by atoms with E-state index >= 15 is 0 Å². The van der Waals surface area contributed by atoms with Crippen molar-refractivity contribution >= 4 is 29.2 Å². The minimum Gasteiger partial charge on any atom is -0.465 e. The third kappa shape index (κ3) is 2.75. The van der Waals surface area contributed by atoms with Crippen molar-refractivity contribution in [2.75, 3.05) is 11.9 Å². The van der Waals surface area contributed by atoms with Crippen LogP contribution >= 0.6 is 11.6 Å². The van der Waals surface area contributed by atoms with Crippen LogP contribution in [0.4, 0.5) is 10.1 Å². The Labute approximate surface area is 159 Å². The fourth-order valence-corrected chi connectivity index (χ4v) is 3.67. The molecule has 1 aromatic heterocycles. The molecule has 1 unspecified atom stereocenters. The van der Waals surface area contributed by atoms with Gasteiger partial charge >= 0.3 is 0 Å². The maximum Gasteiger partial charge on any atom is 0.282 e. The fourth-order valence-electron chi connectivity index (χ4n) is 3.55. The molecular weight excluding hydrogens is 375 g/mol. The largest absolute Gasteiger partial charge is 0.465 e. The van der Waals surface area contributed by atoms with Crippen LogP contribution in [0.3, 0.4) is 0 Å². The van der Waals surface area contributed by atoms with E-state index in [2.05, 4.69) is 15.5 Å². The SMILES string of the molecule is Cc1c(C(=O)Nc2ccc(F)c(C3(C)N=C(N)OCC34CC4)c2)noc1Cl. The molecule has 142 valence electrons. The second-order valence-corrected chi connectivity index (χ2v) is 7.51. The molecule has 1 fully saturated rings. The summed E-state index contributed by atoms with van der Waals surface area (Å²) in [4.78, 5) is 16.9. The number of rotatable bonds is 3. The molecule has 4 rings (SSSR count). The normalized spacial score (nSPS) is 22.9. The van der Waals surface area contributed by atoms with E-state index in [4.69, 9.17) is 26.6 Å². The number of carbonyl (C=O) groups excluding carboxylic acids is 1. The number of aliphatic imine (C=N–C) groups is 1. The Morgan fingerprint density at radius 1 is 1.41 bits per heavy atom. The summed E-state index contributed by atoms with van der Waals surface area (Å²) >= 11 is 5.80. The number of benzene rings is 1. The van der Waals surface area contributed by atoms with Crippen molar-refractivity contribution in [1.82, 2.24) is 5.16 Å². The number of amidine groups is 1. The minimum atomic E-state index is -0.868. The van der Waals surface area contributed by atoms with Gasteiger partial charge in [-0.05, 0) is 56.5 Å². The van der Waals surface area contributed by atoms with Gasteiger partial charge in [-0.2, -0.15) is 0 Å². The van der Waals surface area contributed by atoms with Crippen molar-refractivity contribution in [3.8, 4) is 0 Å². The summed E-state index contributed by atoms with van der Waals surface area (Å²) in [5.74, 6) is -0.914. The Morgan fingerprint density at radius 2 is 2.15 bits per heavy atom. The molecule has 1 aliphatic heterocycles. The van der Waals surface area contributed by atoms with E-state index in [1.807, 2.05) is 6.92 Å². The highest BCUT2D eigenvalue weighted by Gasteiger charge is 2.61. The van der Waals surface area contributed by atoms with Crippen LogP contribution in [0, 0.1) is 18.2 Å². The van der Waals surface area contributed by atoms with Crippen molar-refractivity contribution in [2.45, 2.75) is 32.2 Å². The molecule has 3 N–H and O–H groups in total. The van der Waals surface area contributed by atoms with E-state index in [1.54, 1.807) is 13.0 Å². The van der Waals surface area contributed by atoms with Crippen LogP contribution in [0.15, 0.2) is 27.7 Å². The molecule has 9 heteroatoms. The summed E-state index contributed by atoms with van der Waals surface area (Å²) in [5, 5.41) is 6.40. The molecule has 1 aromatic carbocycles. The van der Waals surface area contributed by atoms with Gasteiger partial charge in [-0.1, -0.05) is 5.16 Å². The zero-order chi connectivity index (χ0) is 19.4. The van der Waals surface area contributed by atoms with Gasteiger partial charge < -0.3 is 20.3 Å². The zero-order valence-corrected chi connectivity index (χ0v) is 15.6. The van der Waals surface area contributed by atoms with E-state index in [-0.39, 0.29) is 22.4 Å². The van der Waals surface area contributed by atoms with E-state index < -0.39 is 17.3 Å². The first kappa shape index (κ1) is 17.8. The summed E-state index contributed by atoms with van der Waals surface area (Å²) < 4.78 is 24.9. The third-order valence-electron chi connectivity index (χ3n) is 5.55. The Morgan fingerprint density at radius 3 is 2.78 bits per heavy atom. The molecular formula is C18H18ClFN4O3. The van der Waals surface area contributed by atoms with Crippen molar-refractivity contribution in [1.29, 1.82) is 0 Å². The predicted octanol–water partition coefficient (Wildman–Crippen LogP) is 3.37. The Balaban J connectivity index is 1.69. The van der Waals surface area contributed by atoms with Crippen molar-refractivity contribution in [2.24, 2.45) is 16.1 Å². The summed E-state index contributed by atoms with van der Waals surface area (Å²) in [6.45, 7) is 3.87. The maximum atomic E-state index is 14.7. The van der Waals surface area contributed by atoms with Crippen molar-refractivity contribution < 1.29 is 18.4 Å². The lowest BCUT2D eigenvalue weighted by molar-refractivity contribution is 0.101. The lowest BCUT2D eigenvalue weighted by Crippen LogP contribution is -2.43. The van der Waals surface area contributed by atoms with Gasteiger partial charge in [0.1, 0.15) is 11.4 Å². The second-order valence-electron chi connectivity index (χ2n) is 7.17. The van der Waals surface area contributed by atoms with Gasteiger partial charge in [-0.25, -0.2) is 9.38 Å². The molecule has 1 spiro atoms. The molecule has 2 aromatic rings. The number of aromatic nitrogens is 1. The number of hydrogen-bond acceptors (Lipinski definition) is 6. The monoisotopic (exact) mass is 392 g/mol. The number of nitrogens with two attached hydrogens (primary N) is 1. The Bertz CT molecular complexity index is 970. The molecule has 7 nitrogen and oxygen atoms in total. The number of ether oxygens (including phenoxy) is 1. The standard InChI is InChI=1S/C18H18ClFN4O3/c1-9-13(24-27-14(9)19)15(25)22-10-3-4-12(20)11(7-10)17(2)18(5-6-18)8-26-16(21)23-17/h3-4,7H,5-6,8H2,1-2H3,(H2,21,23)(H,22,25). The first-order valence-corrected chi connectivity index (χ1v) is 8.85. The highest BCUT2D eigenvalue weighted by Crippen LogP contribution is 2.62. The van der Waals surface area contributed by atoms with Crippen LogP contribution in [-0.2, 0) is 10.3 Å². The Kier molecular flexibility index (Phi) is 3.92. The molecule has 2 aliphatic rings. The Hall–Kier alpha value is -2.61. The summed E-state index contributed by atoms with van der Waals surface area (Å²) in [6, 6.07) is 4.39. The van der Waals surface area contributed by atoms with Gasteiger partial charge in [0.15, 0.2) is 5.69 Å². The molecule has 0 bridgehead atoms. The van der Waals surface area contributed by atoms with E-state index in [9.17, 15) is 9.18 Å². The van der Waals surface area contributed by atoms with Gasteiger partial charge in [-0.3, -0.25) is 4.79 Å². The molecule has 0 radical (unpaired) electrons. The summed E-state index contributed by atoms with van der Waals surface area (Å²) in [6.07, 6.45) is 1.74. The molecule has 1 saturated carbocycles. The average molecular weight is 393 g/mol. The quantitative estimate of drug-likeness (QED) is 0.833. The van der Waals surface area contributed by atoms with Crippen LogP contribution in [0.25, 0.3) is 0 Å². The number of amides is 1. The smallest absolute Gasteiger partial charge is 0.282 e. The second kappa shape index (κ2) is 5.95. The topological polar surface area (TPSA) is 103 Å². The number of carbonyl (C=O) groups is 1. The number of nitrogens with one attached hydrogen (secondary N) is 1. The van der Waals surface area contributed by atoms with Gasteiger partial charge in [0.25, 0.3) is 11.9 Å². The van der Waals surface area contributed by atoms with Crippen LogP contribution in [0.5, 0.6) is 0 Å². The van der Waals surface area contributed by atoms with Gasteiger partial charge in [0.05, 0.1) is 6.61 Å². The van der Waals surface area contributed by atoms with E-state index in [0.717, 1.165) is 12.8 Å². The highest BCUT2D eigenvalue weighted by atomic mass is 35.5. The third-order valence-corrected chi connectivity index (χ3v) is 5.90. The van der Waals surface area contributed by atoms with E-state index in [0.29, 0.717) is 23.4 Å². The average Bonchev–Trinajstić information content (AvgIpc) is 3.34. The molecule has 27 heavy (non-hydrogen) atoms. The number of hydrogen-bond donors (Lipinski definition) is 2. The van der Waals surface area contributed by atoms with Crippen LogP contribution in [-0.4, -0.2) is 23.7 Å². The highest BCUT2D eigenvalue weighted by molar-refractivity contribution is 6.30. The lowest BCUT2D eigenvalue weighted by atomic mass is 9.76. The van der Waals surface area contributed by atoms with Crippen molar-refractivity contribution in [3.05, 3.63) is 46.1 Å².